The molecule has 0 aliphatic rings. The highest BCUT2D eigenvalue weighted by molar-refractivity contribution is 5.91. The van der Waals surface area contributed by atoms with Crippen LogP contribution in [0.3, 0.4) is 0 Å². The van der Waals surface area contributed by atoms with Crippen molar-refractivity contribution in [3.8, 4) is 5.75 Å². The van der Waals surface area contributed by atoms with Gasteiger partial charge < -0.3 is 20.9 Å². The monoisotopic (exact) mass is 266 g/mol. The summed E-state index contributed by atoms with van der Waals surface area (Å²) in [6.45, 7) is 1.39. The number of aliphatic carboxylic acids is 1. The fourth-order valence-corrected chi connectivity index (χ4v) is 1.77. The third kappa shape index (κ3) is 4.26. The van der Waals surface area contributed by atoms with Crippen molar-refractivity contribution >= 4 is 17.6 Å². The Kier molecular flexibility index (Phi) is 5.32. The van der Waals surface area contributed by atoms with Gasteiger partial charge in [-0.25, -0.2) is 0 Å². The van der Waals surface area contributed by atoms with Gasteiger partial charge in [0.25, 0.3) is 0 Å². The van der Waals surface area contributed by atoms with E-state index in [0.717, 1.165) is 0 Å². The third-order valence-electron chi connectivity index (χ3n) is 2.65. The minimum absolute atomic E-state index is 0.0299. The SMILES string of the molecule is COc1cccc(C(N)CCC(=O)O)c1NC(C)=O. The molecule has 0 aliphatic heterocycles. The third-order valence-corrected chi connectivity index (χ3v) is 2.65. The number of hydrogen-bond donors (Lipinski definition) is 3. The number of rotatable bonds is 6. The summed E-state index contributed by atoms with van der Waals surface area (Å²) in [6.07, 6.45) is 0.257. The quantitative estimate of drug-likeness (QED) is 0.724. The molecule has 0 aliphatic carbocycles. The van der Waals surface area contributed by atoms with Crippen LogP contribution in [0, 0.1) is 0 Å². The molecule has 1 rings (SSSR count). The van der Waals surface area contributed by atoms with Gasteiger partial charge in [-0.05, 0) is 18.1 Å². The zero-order valence-corrected chi connectivity index (χ0v) is 11.0. The highest BCUT2D eigenvalue weighted by atomic mass is 16.5. The van der Waals surface area contributed by atoms with Crippen LogP contribution in [0.1, 0.15) is 31.4 Å². The molecule has 104 valence electrons. The molecule has 1 unspecified atom stereocenters. The van der Waals surface area contributed by atoms with Crippen molar-refractivity contribution in [2.24, 2.45) is 5.73 Å². The van der Waals surface area contributed by atoms with Gasteiger partial charge in [0, 0.05) is 19.4 Å². The van der Waals surface area contributed by atoms with Crippen LogP contribution < -0.4 is 15.8 Å². The Morgan fingerprint density at radius 2 is 2.16 bits per heavy atom. The molecule has 0 radical (unpaired) electrons. The van der Waals surface area contributed by atoms with Crippen molar-refractivity contribution < 1.29 is 19.4 Å². The Balaban J connectivity index is 3.03. The molecule has 1 amide bonds. The average molecular weight is 266 g/mol. The molecular weight excluding hydrogens is 248 g/mol. The van der Waals surface area contributed by atoms with Crippen molar-refractivity contribution in [2.45, 2.75) is 25.8 Å². The Morgan fingerprint density at radius 1 is 1.47 bits per heavy atom. The van der Waals surface area contributed by atoms with Gasteiger partial charge >= 0.3 is 5.97 Å². The van der Waals surface area contributed by atoms with Gasteiger partial charge in [0.1, 0.15) is 5.75 Å². The second-order valence-corrected chi connectivity index (χ2v) is 4.14. The van der Waals surface area contributed by atoms with Gasteiger partial charge in [-0.2, -0.15) is 0 Å². The summed E-state index contributed by atoms with van der Waals surface area (Å²) in [5.74, 6) is -0.644. The number of nitrogens with two attached hydrogens (primary N) is 1. The second kappa shape index (κ2) is 6.75. The molecule has 0 saturated carbocycles. The van der Waals surface area contributed by atoms with Crippen LogP contribution in [0.5, 0.6) is 5.75 Å². The predicted molar refractivity (Wildman–Crippen MR) is 71.1 cm³/mol. The number of para-hydroxylation sites is 1. The standard InChI is InChI=1S/C13H18N2O4/c1-8(16)15-13-9(4-3-5-11(13)19-2)10(14)6-7-12(17)18/h3-5,10H,6-7,14H2,1-2H3,(H,15,16)(H,17,18). The van der Waals surface area contributed by atoms with E-state index in [1.165, 1.54) is 14.0 Å². The van der Waals surface area contributed by atoms with Gasteiger partial charge in [-0.1, -0.05) is 12.1 Å². The zero-order valence-electron chi connectivity index (χ0n) is 11.0. The zero-order chi connectivity index (χ0) is 14.4. The Hall–Kier alpha value is -2.08. The van der Waals surface area contributed by atoms with Crippen molar-refractivity contribution in [1.29, 1.82) is 0 Å². The number of amides is 1. The fraction of sp³-hybridized carbons (Fsp3) is 0.385. The van der Waals surface area contributed by atoms with Crippen LogP contribution in [0.4, 0.5) is 5.69 Å². The van der Waals surface area contributed by atoms with E-state index in [1.54, 1.807) is 18.2 Å². The molecule has 0 saturated heterocycles. The van der Waals surface area contributed by atoms with Gasteiger partial charge in [-0.15, -0.1) is 0 Å². The maximum Gasteiger partial charge on any atom is 0.303 e. The van der Waals surface area contributed by atoms with E-state index in [4.69, 9.17) is 15.6 Å². The largest absolute Gasteiger partial charge is 0.495 e. The Labute approximate surface area is 111 Å². The molecule has 6 heteroatoms. The van der Waals surface area contributed by atoms with Crippen molar-refractivity contribution in [3.63, 3.8) is 0 Å². The molecule has 0 bridgehead atoms. The molecule has 0 spiro atoms. The van der Waals surface area contributed by atoms with E-state index in [9.17, 15) is 9.59 Å². The number of anilines is 1. The fourth-order valence-electron chi connectivity index (χ4n) is 1.77. The van der Waals surface area contributed by atoms with Crippen molar-refractivity contribution in [1.82, 2.24) is 0 Å². The molecule has 1 aromatic carbocycles. The summed E-state index contributed by atoms with van der Waals surface area (Å²) < 4.78 is 5.18. The first kappa shape index (κ1) is 15.0. The molecule has 1 aromatic rings. The van der Waals surface area contributed by atoms with Crippen molar-refractivity contribution in [2.75, 3.05) is 12.4 Å². The number of benzene rings is 1. The van der Waals surface area contributed by atoms with Crippen LogP contribution in [-0.2, 0) is 9.59 Å². The number of carbonyl (C=O) groups is 2. The predicted octanol–water partition coefficient (Wildman–Crippen LogP) is 1.52. The maximum absolute atomic E-state index is 11.2. The highest BCUT2D eigenvalue weighted by Crippen LogP contribution is 2.33. The average Bonchev–Trinajstić information content (AvgIpc) is 2.35. The summed E-state index contributed by atoms with van der Waals surface area (Å²) in [7, 11) is 1.49. The molecule has 0 aromatic heterocycles. The molecule has 19 heavy (non-hydrogen) atoms. The molecule has 4 N–H and O–H groups in total. The van der Waals surface area contributed by atoms with Crippen LogP contribution in [0.2, 0.25) is 0 Å². The van der Waals surface area contributed by atoms with Crippen LogP contribution in [0.15, 0.2) is 18.2 Å². The lowest BCUT2D eigenvalue weighted by Gasteiger charge is -2.18. The summed E-state index contributed by atoms with van der Waals surface area (Å²) in [5.41, 5.74) is 7.13. The number of carboxylic acid groups (broad SMARTS) is 1. The lowest BCUT2D eigenvalue weighted by atomic mass is 10.00. The maximum atomic E-state index is 11.2. The van der Waals surface area contributed by atoms with E-state index in [1.807, 2.05) is 0 Å². The van der Waals surface area contributed by atoms with E-state index in [2.05, 4.69) is 5.32 Å². The summed E-state index contributed by atoms with van der Waals surface area (Å²) in [5, 5.41) is 11.3. The number of ether oxygens (including phenoxy) is 1. The first-order valence-electron chi connectivity index (χ1n) is 5.87. The summed E-state index contributed by atoms with van der Waals surface area (Å²) >= 11 is 0. The number of methoxy groups -OCH3 is 1. The van der Waals surface area contributed by atoms with E-state index in [-0.39, 0.29) is 18.7 Å². The minimum Gasteiger partial charge on any atom is -0.495 e. The lowest BCUT2D eigenvalue weighted by molar-refractivity contribution is -0.137. The van der Waals surface area contributed by atoms with E-state index >= 15 is 0 Å². The highest BCUT2D eigenvalue weighted by Gasteiger charge is 2.16. The first-order chi connectivity index (χ1) is 8.95. The van der Waals surface area contributed by atoms with Crippen LogP contribution >= 0.6 is 0 Å². The summed E-state index contributed by atoms with van der Waals surface area (Å²) in [4.78, 5) is 21.8. The Morgan fingerprint density at radius 3 is 2.68 bits per heavy atom. The molecular formula is C13H18N2O4. The van der Waals surface area contributed by atoms with Crippen LogP contribution in [0.25, 0.3) is 0 Å². The van der Waals surface area contributed by atoms with Crippen LogP contribution in [-0.4, -0.2) is 24.1 Å². The van der Waals surface area contributed by atoms with Gasteiger partial charge in [0.2, 0.25) is 5.91 Å². The van der Waals surface area contributed by atoms with E-state index in [0.29, 0.717) is 17.0 Å². The number of hydrogen-bond acceptors (Lipinski definition) is 4. The van der Waals surface area contributed by atoms with Gasteiger partial charge in [0.05, 0.1) is 12.8 Å². The second-order valence-electron chi connectivity index (χ2n) is 4.14. The normalized spacial score (nSPS) is 11.7. The molecule has 6 nitrogen and oxygen atoms in total. The topological polar surface area (TPSA) is 102 Å². The molecule has 0 heterocycles. The van der Waals surface area contributed by atoms with Gasteiger partial charge in [0.15, 0.2) is 0 Å². The lowest BCUT2D eigenvalue weighted by Crippen LogP contribution is -2.17. The number of nitrogens with one attached hydrogen (secondary N) is 1. The summed E-state index contributed by atoms with van der Waals surface area (Å²) in [6, 6.07) is 4.73. The Bertz CT molecular complexity index is 474. The first-order valence-corrected chi connectivity index (χ1v) is 5.87. The molecule has 1 atom stereocenters. The van der Waals surface area contributed by atoms with Crippen molar-refractivity contribution in [3.05, 3.63) is 23.8 Å². The minimum atomic E-state index is -0.903. The smallest absolute Gasteiger partial charge is 0.303 e. The van der Waals surface area contributed by atoms with E-state index < -0.39 is 12.0 Å². The number of carbonyl (C=O) groups excluding carboxylic acids is 1. The molecule has 0 fully saturated rings. The van der Waals surface area contributed by atoms with Gasteiger partial charge in [-0.3, -0.25) is 9.59 Å². The number of carboxylic acids is 1.